The summed E-state index contributed by atoms with van der Waals surface area (Å²) in [4.78, 5) is 53.2. The first-order valence-electron chi connectivity index (χ1n) is 10.4. The molecule has 1 aliphatic carbocycles. The molecule has 3 aliphatic heterocycles. The van der Waals surface area contributed by atoms with Crippen molar-refractivity contribution in [2.24, 2.45) is 17.6 Å². The predicted octanol–water partition coefficient (Wildman–Crippen LogP) is 0.754. The van der Waals surface area contributed by atoms with E-state index in [1.807, 2.05) is 0 Å². The molecular formula is C21H23FN4O4. The van der Waals surface area contributed by atoms with Crippen molar-refractivity contribution in [3.8, 4) is 0 Å². The van der Waals surface area contributed by atoms with Crippen LogP contribution in [-0.2, 0) is 24.7 Å². The molecule has 5 rings (SSSR count). The van der Waals surface area contributed by atoms with E-state index in [2.05, 4.69) is 10.6 Å². The molecule has 1 spiro atoms. The molecule has 4 amide bonds. The Bertz CT molecular complexity index is 976. The third kappa shape index (κ3) is 2.47. The molecule has 8 nitrogen and oxygen atoms in total. The van der Waals surface area contributed by atoms with Crippen LogP contribution in [0.15, 0.2) is 18.2 Å². The molecule has 0 unspecified atom stereocenters. The predicted molar refractivity (Wildman–Crippen MR) is 103 cm³/mol. The number of carbonyl (C=O) groups is 4. The highest BCUT2D eigenvalue weighted by molar-refractivity contribution is 6.15. The Hall–Kier alpha value is -2.81. The van der Waals surface area contributed by atoms with Crippen LogP contribution in [0.3, 0.4) is 0 Å². The fourth-order valence-corrected chi connectivity index (χ4v) is 5.89. The molecule has 2 saturated heterocycles. The summed E-state index contributed by atoms with van der Waals surface area (Å²) in [6.07, 6.45) is 4.19. The summed E-state index contributed by atoms with van der Waals surface area (Å²) in [5.74, 6) is -4.45. The first-order chi connectivity index (χ1) is 14.3. The van der Waals surface area contributed by atoms with Gasteiger partial charge < -0.3 is 11.1 Å². The van der Waals surface area contributed by atoms with Crippen LogP contribution in [0.5, 0.6) is 0 Å². The molecule has 0 aromatic heterocycles. The number of likely N-dealkylation sites (tertiary alicyclic amines) is 1. The summed E-state index contributed by atoms with van der Waals surface area (Å²) in [7, 11) is 0. The average molecular weight is 414 g/mol. The molecular weight excluding hydrogens is 391 g/mol. The van der Waals surface area contributed by atoms with Gasteiger partial charge >= 0.3 is 0 Å². The molecule has 9 heteroatoms. The fourth-order valence-electron chi connectivity index (χ4n) is 5.89. The zero-order valence-corrected chi connectivity index (χ0v) is 16.3. The molecule has 3 fully saturated rings. The van der Waals surface area contributed by atoms with Gasteiger partial charge in [-0.25, -0.2) is 4.39 Å². The molecule has 1 aromatic rings. The molecule has 158 valence electrons. The smallest absolute Gasteiger partial charge is 0.250 e. The van der Waals surface area contributed by atoms with Crippen molar-refractivity contribution in [1.29, 1.82) is 0 Å². The Morgan fingerprint density at radius 3 is 2.60 bits per heavy atom. The van der Waals surface area contributed by atoms with Crippen molar-refractivity contribution < 1.29 is 23.6 Å². The number of rotatable bonds is 3. The lowest BCUT2D eigenvalue weighted by Crippen LogP contribution is -2.54. The van der Waals surface area contributed by atoms with Crippen molar-refractivity contribution in [1.82, 2.24) is 10.2 Å². The highest BCUT2D eigenvalue weighted by atomic mass is 19.1. The van der Waals surface area contributed by atoms with Gasteiger partial charge in [0.15, 0.2) is 0 Å². The Labute approximate surface area is 172 Å². The van der Waals surface area contributed by atoms with Gasteiger partial charge in [-0.3, -0.25) is 29.4 Å². The zero-order valence-electron chi connectivity index (χ0n) is 16.3. The minimum Gasteiger partial charge on any atom is -0.370 e. The number of hydrogen-bond donors (Lipinski definition) is 3. The van der Waals surface area contributed by atoms with E-state index in [1.54, 1.807) is 0 Å². The standard InChI is InChI=1S/C21H23FN4O4/c22-10-6-7-13-12(8-10)21(20(30)24-13)17-16(14(25-21)9-15(23)27)18(28)26(19(17)29)11-4-2-1-3-5-11/h6-8,11,14,16-17,25H,1-5,9H2,(H2,23,27)(H,24,30)/t14-,16+,17-,21-/m0/s1. The van der Waals surface area contributed by atoms with Crippen LogP contribution in [0, 0.1) is 17.7 Å². The molecule has 0 radical (unpaired) electrons. The summed E-state index contributed by atoms with van der Waals surface area (Å²) in [5, 5.41) is 5.78. The number of amides is 4. The van der Waals surface area contributed by atoms with Crippen LogP contribution < -0.4 is 16.4 Å². The van der Waals surface area contributed by atoms with Crippen molar-refractivity contribution in [3.05, 3.63) is 29.6 Å². The number of nitrogens with two attached hydrogens (primary N) is 1. The summed E-state index contributed by atoms with van der Waals surface area (Å²) < 4.78 is 14.1. The molecule has 1 saturated carbocycles. The van der Waals surface area contributed by atoms with E-state index < -0.39 is 47.0 Å². The number of primary amides is 1. The van der Waals surface area contributed by atoms with E-state index in [0.29, 0.717) is 11.3 Å². The third-order valence-corrected chi connectivity index (χ3v) is 7.07. The largest absolute Gasteiger partial charge is 0.370 e. The van der Waals surface area contributed by atoms with Gasteiger partial charge in [-0.1, -0.05) is 19.3 Å². The lowest BCUT2D eigenvalue weighted by Gasteiger charge is -2.33. The van der Waals surface area contributed by atoms with Crippen LogP contribution in [0.1, 0.15) is 44.1 Å². The molecule has 3 heterocycles. The van der Waals surface area contributed by atoms with Crippen LogP contribution in [-0.4, -0.2) is 40.6 Å². The highest BCUT2D eigenvalue weighted by Crippen LogP contribution is 2.54. The average Bonchev–Trinajstić information content (AvgIpc) is 3.27. The van der Waals surface area contributed by atoms with Gasteiger partial charge in [-0.2, -0.15) is 0 Å². The molecule has 30 heavy (non-hydrogen) atoms. The van der Waals surface area contributed by atoms with E-state index in [4.69, 9.17) is 5.73 Å². The first-order valence-corrected chi connectivity index (χ1v) is 10.4. The number of anilines is 1. The van der Waals surface area contributed by atoms with E-state index in [-0.39, 0.29) is 18.4 Å². The van der Waals surface area contributed by atoms with Crippen LogP contribution in [0.2, 0.25) is 0 Å². The van der Waals surface area contributed by atoms with Crippen LogP contribution >= 0.6 is 0 Å². The lowest BCUT2D eigenvalue weighted by molar-refractivity contribution is -0.146. The summed E-state index contributed by atoms with van der Waals surface area (Å²) >= 11 is 0. The number of fused-ring (bicyclic) bond motifs is 4. The quantitative estimate of drug-likeness (QED) is 0.631. The second-order valence-corrected chi connectivity index (χ2v) is 8.72. The van der Waals surface area contributed by atoms with Gasteiger partial charge in [0.25, 0.3) is 0 Å². The first kappa shape index (κ1) is 19.2. The normalized spacial score (nSPS) is 33.2. The van der Waals surface area contributed by atoms with E-state index in [1.165, 1.54) is 23.1 Å². The number of nitrogens with zero attached hydrogens (tertiary/aromatic N) is 1. The second-order valence-electron chi connectivity index (χ2n) is 8.72. The number of hydrogen-bond acceptors (Lipinski definition) is 5. The number of imide groups is 1. The second kappa shape index (κ2) is 6.60. The maximum Gasteiger partial charge on any atom is 0.250 e. The van der Waals surface area contributed by atoms with Gasteiger partial charge in [-0.15, -0.1) is 0 Å². The Balaban J connectivity index is 1.63. The Morgan fingerprint density at radius 1 is 1.17 bits per heavy atom. The zero-order chi connectivity index (χ0) is 21.2. The van der Waals surface area contributed by atoms with Crippen molar-refractivity contribution in [2.45, 2.75) is 56.1 Å². The van der Waals surface area contributed by atoms with Gasteiger partial charge in [0, 0.05) is 29.8 Å². The number of nitrogens with one attached hydrogen (secondary N) is 2. The summed E-state index contributed by atoms with van der Waals surface area (Å²) in [5.41, 5.74) is 4.49. The molecule has 0 bridgehead atoms. The highest BCUT2D eigenvalue weighted by Gasteiger charge is 2.71. The third-order valence-electron chi connectivity index (χ3n) is 7.07. The molecule has 4 atom stereocenters. The van der Waals surface area contributed by atoms with Crippen molar-refractivity contribution in [2.75, 3.05) is 5.32 Å². The monoisotopic (exact) mass is 414 g/mol. The van der Waals surface area contributed by atoms with Gasteiger partial charge in [0.2, 0.25) is 23.6 Å². The molecule has 4 aliphatic rings. The number of halogens is 1. The number of benzene rings is 1. The summed E-state index contributed by atoms with van der Waals surface area (Å²) in [6.45, 7) is 0. The minimum atomic E-state index is -1.60. The Kier molecular flexibility index (Phi) is 4.22. The molecule has 4 N–H and O–H groups in total. The van der Waals surface area contributed by atoms with Gasteiger partial charge in [-0.05, 0) is 31.0 Å². The number of carbonyl (C=O) groups excluding carboxylic acids is 4. The van der Waals surface area contributed by atoms with E-state index >= 15 is 0 Å². The van der Waals surface area contributed by atoms with Gasteiger partial charge in [0.1, 0.15) is 11.4 Å². The van der Waals surface area contributed by atoms with E-state index in [0.717, 1.165) is 32.1 Å². The van der Waals surface area contributed by atoms with Crippen molar-refractivity contribution >= 4 is 29.3 Å². The maximum absolute atomic E-state index is 14.1. The van der Waals surface area contributed by atoms with Crippen molar-refractivity contribution in [3.63, 3.8) is 0 Å². The topological polar surface area (TPSA) is 122 Å². The fraction of sp³-hybridized carbons (Fsp3) is 0.524. The van der Waals surface area contributed by atoms with E-state index in [9.17, 15) is 23.6 Å². The van der Waals surface area contributed by atoms with Gasteiger partial charge in [0.05, 0.1) is 11.8 Å². The van der Waals surface area contributed by atoms with Crippen LogP contribution in [0.4, 0.5) is 10.1 Å². The minimum absolute atomic E-state index is 0.196. The lowest BCUT2D eigenvalue weighted by atomic mass is 9.76. The maximum atomic E-state index is 14.1. The summed E-state index contributed by atoms with van der Waals surface area (Å²) in [6, 6.07) is 2.90. The SMILES string of the molecule is NC(=O)C[C@@H]1N[C@]2(C(=O)Nc3ccc(F)cc32)[C@@H]2C(=O)N(C3CCCCC3)C(=O)[C@H]12. The van der Waals surface area contributed by atoms with Crippen LogP contribution in [0.25, 0.3) is 0 Å². The molecule has 1 aromatic carbocycles. The Morgan fingerprint density at radius 2 is 1.90 bits per heavy atom.